The minimum Gasteiger partial charge on any atom is -0.809 e. The Morgan fingerprint density at radius 1 is 1.21 bits per heavy atom. The number of carbonyl (C=O) groups is 1. The molecular formula is C25H31BNO6Y-2. The van der Waals surface area contributed by atoms with Gasteiger partial charge in [-0.25, -0.2) is 0 Å². The monoisotopic (exact) mass is 542 g/mol. The van der Waals surface area contributed by atoms with E-state index in [-0.39, 0.29) is 74.9 Å². The third kappa shape index (κ3) is 4.91. The second kappa shape index (κ2) is 12.2. The molecule has 0 saturated heterocycles. The summed E-state index contributed by atoms with van der Waals surface area (Å²) in [7, 11) is 3.03. The first-order valence-electron chi connectivity index (χ1n) is 10.2. The number of ether oxygens (including phenoxy) is 4. The molecule has 1 heterocycles. The molecule has 9 heteroatoms. The average molecular weight is 542 g/mol. The third-order valence-corrected chi connectivity index (χ3v) is 6.13. The van der Waals surface area contributed by atoms with Crippen molar-refractivity contribution in [1.29, 1.82) is 0 Å². The summed E-state index contributed by atoms with van der Waals surface area (Å²) in [6.45, 7) is 5.77. The maximum absolute atomic E-state index is 13.1. The number of carbonyl (C=O) groups excluding carboxylic acids is 1. The molecule has 0 amide bonds. The summed E-state index contributed by atoms with van der Waals surface area (Å²) in [5.74, 6) is 0.312. The largest absolute Gasteiger partial charge is 0.809 e. The van der Waals surface area contributed by atoms with Gasteiger partial charge in [-0.3, -0.25) is 4.79 Å². The third-order valence-electron chi connectivity index (χ3n) is 6.13. The summed E-state index contributed by atoms with van der Waals surface area (Å²) < 4.78 is 22.0. The summed E-state index contributed by atoms with van der Waals surface area (Å²) in [5, 5.41) is 20.9. The average Bonchev–Trinajstić information content (AvgIpc) is 3.26. The molecule has 7 nitrogen and oxygen atoms in total. The quantitative estimate of drug-likeness (QED) is 0.439. The fraction of sp³-hybridized carbons (Fsp3) is 0.400. The maximum atomic E-state index is 13.1. The molecule has 1 aliphatic carbocycles. The number of methoxy groups -OCH3 is 2. The van der Waals surface area contributed by atoms with Crippen molar-refractivity contribution < 1.29 is 63.0 Å². The van der Waals surface area contributed by atoms with Crippen molar-refractivity contribution in [2.24, 2.45) is 11.8 Å². The van der Waals surface area contributed by atoms with Crippen molar-refractivity contribution in [1.82, 2.24) is 0 Å². The number of benzene rings is 2. The number of rotatable bonds is 6. The molecule has 2 aliphatic rings. The molecule has 2 aromatic carbocycles. The predicted molar refractivity (Wildman–Crippen MR) is 130 cm³/mol. The zero-order valence-electron chi connectivity index (χ0n) is 19.0. The van der Waals surface area contributed by atoms with Crippen LogP contribution in [0.1, 0.15) is 50.4 Å². The number of ketones is 1. The zero-order chi connectivity index (χ0) is 22.3. The Hall–Kier alpha value is -1.89. The van der Waals surface area contributed by atoms with Crippen LogP contribution in [0.3, 0.4) is 0 Å². The van der Waals surface area contributed by atoms with Gasteiger partial charge in [0, 0.05) is 66.4 Å². The molecule has 4 rings (SSSR count). The van der Waals surface area contributed by atoms with Crippen LogP contribution in [-0.4, -0.2) is 46.0 Å². The van der Waals surface area contributed by atoms with Gasteiger partial charge in [0.05, 0.1) is 20.8 Å². The Morgan fingerprint density at radius 2 is 1.85 bits per heavy atom. The smallest absolute Gasteiger partial charge is 0.231 e. The Balaban J connectivity index is 0.00000289. The van der Waals surface area contributed by atoms with Crippen molar-refractivity contribution in [2.75, 3.05) is 21.0 Å². The summed E-state index contributed by atoms with van der Waals surface area (Å²) in [5.41, 5.74) is 2.68. The molecule has 4 radical (unpaired) electrons. The van der Waals surface area contributed by atoms with Crippen LogP contribution in [0.2, 0.25) is 0 Å². The van der Waals surface area contributed by atoms with E-state index >= 15 is 0 Å². The van der Waals surface area contributed by atoms with E-state index in [4.69, 9.17) is 18.9 Å². The van der Waals surface area contributed by atoms with E-state index in [1.165, 1.54) is 14.2 Å². The maximum Gasteiger partial charge on any atom is 0.231 e. The normalized spacial score (nSPS) is 19.7. The van der Waals surface area contributed by atoms with Gasteiger partial charge in [-0.1, -0.05) is 14.4 Å². The number of nitrogens with zero attached hydrogens (tertiary/aromatic N) is 1. The van der Waals surface area contributed by atoms with Gasteiger partial charge in [0.2, 0.25) is 6.79 Å². The molecule has 0 spiro atoms. The first-order chi connectivity index (χ1) is 14.9. The van der Waals surface area contributed by atoms with Gasteiger partial charge < -0.3 is 36.4 Å². The van der Waals surface area contributed by atoms with E-state index < -0.39 is 17.8 Å². The van der Waals surface area contributed by atoms with Gasteiger partial charge in [-0.15, -0.1) is 0 Å². The molecule has 2 aromatic rings. The van der Waals surface area contributed by atoms with Crippen molar-refractivity contribution in [3.63, 3.8) is 0 Å². The number of Topliss-reactive ketones (excluding diaryl/α,β-unsaturated/α-hetero) is 1. The standard InChI is InChI=1S/C24H25NO6.CH4.B.Y.H2/c1-5-17(27)21-12(2)23(25)16-9-19-18(30-11-31-19)8-15(16)22(21)13-6-14(10-26)24(29-4)20(7-13)28-3;;;;/h6-9,12,21-22,26H,2,5,10-11H2,1,3-4H3;1H4;;;1H/q-2;;;;/t12-,21+,22+;;;;/m0..../s1/i;;;;1+1. The predicted octanol–water partition coefficient (Wildman–Crippen LogP) is 3.97. The second-order valence-electron chi connectivity index (χ2n) is 7.68. The van der Waals surface area contributed by atoms with E-state index in [1.54, 1.807) is 13.0 Å². The first kappa shape index (κ1) is 30.1. The number of hydrogen-bond acceptors (Lipinski definition) is 6. The molecule has 180 valence electrons. The fourth-order valence-electron chi connectivity index (χ4n) is 4.63. The van der Waals surface area contributed by atoms with Gasteiger partial charge in [0.1, 0.15) is 5.78 Å². The molecule has 1 aliphatic heterocycles. The van der Waals surface area contributed by atoms with E-state index in [0.29, 0.717) is 40.5 Å². The Kier molecular flexibility index (Phi) is 10.8. The summed E-state index contributed by atoms with van der Waals surface area (Å²) >= 11 is 0. The van der Waals surface area contributed by atoms with Crippen LogP contribution in [0.5, 0.6) is 23.0 Å². The number of fused-ring (bicyclic) bond motifs is 2. The summed E-state index contributed by atoms with van der Waals surface area (Å²) in [6.07, 6.45) is 0.306. The molecular weight excluding hydrogens is 510 g/mol. The minimum absolute atomic E-state index is 0. The SMILES string of the molecule is C.[2HH].[B].[CH2-][C@@H]1C(=[N-])c2cc3c(cc2[C@@H](c2cc(CO)c(OC)c(OC)c2)[C@H]1C(=O)CC)OCO3.[Y]. The van der Waals surface area contributed by atoms with Crippen molar-refractivity contribution in [3.8, 4) is 23.0 Å². The van der Waals surface area contributed by atoms with E-state index in [2.05, 4.69) is 6.92 Å². The fourth-order valence-corrected chi connectivity index (χ4v) is 4.63. The molecule has 0 bridgehead atoms. The summed E-state index contributed by atoms with van der Waals surface area (Å²) in [6, 6.07) is 7.17. The van der Waals surface area contributed by atoms with Crippen LogP contribution >= 0.6 is 0 Å². The minimum atomic E-state index is -0.643. The molecule has 0 unspecified atom stereocenters. The van der Waals surface area contributed by atoms with Crippen LogP contribution in [0.25, 0.3) is 5.41 Å². The van der Waals surface area contributed by atoms with Crippen molar-refractivity contribution in [3.05, 3.63) is 58.9 Å². The van der Waals surface area contributed by atoms with Crippen LogP contribution in [0, 0.1) is 18.8 Å². The van der Waals surface area contributed by atoms with Crippen molar-refractivity contribution >= 4 is 19.9 Å². The van der Waals surface area contributed by atoms with Gasteiger partial charge >= 0.3 is 0 Å². The number of hydrogen-bond donors (Lipinski definition) is 1. The van der Waals surface area contributed by atoms with E-state index in [1.807, 2.05) is 18.2 Å². The molecule has 0 fully saturated rings. The van der Waals surface area contributed by atoms with Crippen LogP contribution in [0.15, 0.2) is 24.3 Å². The topological polar surface area (TPSA) is 96.5 Å². The Morgan fingerprint density at radius 3 is 2.41 bits per heavy atom. The summed E-state index contributed by atoms with van der Waals surface area (Å²) in [4.78, 5) is 13.1. The van der Waals surface area contributed by atoms with E-state index in [0.717, 1.165) is 11.1 Å². The zero-order valence-corrected chi connectivity index (χ0v) is 21.8. The van der Waals surface area contributed by atoms with Gasteiger partial charge in [0.15, 0.2) is 23.0 Å². The number of aliphatic hydroxyl groups excluding tert-OH is 1. The molecule has 3 atom stereocenters. The van der Waals surface area contributed by atoms with Crippen LogP contribution in [0.4, 0.5) is 0 Å². The Labute approximate surface area is 230 Å². The molecule has 0 aromatic heterocycles. The van der Waals surface area contributed by atoms with Crippen LogP contribution in [-0.2, 0) is 44.1 Å². The van der Waals surface area contributed by atoms with Crippen LogP contribution < -0.4 is 18.9 Å². The molecule has 1 N–H and O–H groups in total. The van der Waals surface area contributed by atoms with Crippen molar-refractivity contribution in [2.45, 2.75) is 33.3 Å². The van der Waals surface area contributed by atoms with Gasteiger partial charge in [-0.05, 0) is 41.0 Å². The van der Waals surface area contributed by atoms with Gasteiger partial charge in [0.25, 0.3) is 0 Å². The van der Waals surface area contributed by atoms with E-state index in [9.17, 15) is 15.3 Å². The Bertz CT molecular complexity index is 1040. The first-order valence-corrected chi connectivity index (χ1v) is 10.2. The van der Waals surface area contributed by atoms with Gasteiger partial charge in [-0.2, -0.15) is 11.6 Å². The second-order valence-corrected chi connectivity index (χ2v) is 7.68. The number of aliphatic hydroxyl groups is 1. The molecule has 34 heavy (non-hydrogen) atoms. The molecule has 0 saturated carbocycles.